The van der Waals surface area contributed by atoms with Crippen molar-refractivity contribution in [2.24, 2.45) is 11.8 Å². The van der Waals surface area contributed by atoms with Crippen LogP contribution in [-0.2, 0) is 4.79 Å². The fourth-order valence-electron chi connectivity index (χ4n) is 2.94. The van der Waals surface area contributed by atoms with Crippen molar-refractivity contribution < 1.29 is 14.4 Å². The Morgan fingerprint density at radius 1 is 0.897 bits per heavy atom. The topological polar surface area (TPSA) is 99.3 Å². The monoisotopic (exact) mass is 394 g/mol. The van der Waals surface area contributed by atoms with Gasteiger partial charge in [0.15, 0.2) is 0 Å². The van der Waals surface area contributed by atoms with Gasteiger partial charge >= 0.3 is 6.03 Å². The van der Waals surface area contributed by atoms with Crippen LogP contribution >= 0.6 is 0 Å². The Bertz CT molecular complexity index is 909. The predicted octanol–water partition coefficient (Wildman–Crippen LogP) is 4.06. The summed E-state index contributed by atoms with van der Waals surface area (Å²) in [4.78, 5) is 36.6. The summed E-state index contributed by atoms with van der Waals surface area (Å²) >= 11 is 0. The number of rotatable bonds is 6. The first-order valence-corrected chi connectivity index (χ1v) is 9.72. The van der Waals surface area contributed by atoms with E-state index in [1.165, 1.54) is 0 Å². The van der Waals surface area contributed by atoms with Crippen LogP contribution in [-0.4, -0.2) is 23.9 Å². The van der Waals surface area contributed by atoms with Gasteiger partial charge in [-0.15, -0.1) is 0 Å². The van der Waals surface area contributed by atoms with Gasteiger partial charge in [0.1, 0.15) is 0 Å². The summed E-state index contributed by atoms with van der Waals surface area (Å²) in [6.45, 7) is 5.78. The van der Waals surface area contributed by atoms with Crippen LogP contribution in [0.15, 0.2) is 48.5 Å². The van der Waals surface area contributed by atoms with Crippen molar-refractivity contribution in [3.05, 3.63) is 54.1 Å². The second kappa shape index (κ2) is 8.77. The zero-order valence-corrected chi connectivity index (χ0v) is 16.8. The van der Waals surface area contributed by atoms with Crippen molar-refractivity contribution in [2.75, 3.05) is 16.0 Å². The number of carbonyl (C=O) groups is 3. The van der Waals surface area contributed by atoms with Crippen molar-refractivity contribution in [3.8, 4) is 0 Å². The molecule has 4 amide bonds. The highest BCUT2D eigenvalue weighted by atomic mass is 16.2. The first kappa shape index (κ1) is 20.4. The van der Waals surface area contributed by atoms with Crippen molar-refractivity contribution in [1.29, 1.82) is 0 Å². The standard InChI is InChI=1S/C22H26N4O3/c1-13(2)23-22(29)26-19-7-5-4-6-18(19)25-20(27)15-8-10-16(11-9-15)24-21(28)17-12-14(17)3/h4-11,13-14,17H,12H2,1-3H3,(H,24,28)(H,25,27)(H2,23,26,29). The third-order valence-corrected chi connectivity index (χ3v) is 4.70. The Labute approximate surface area is 170 Å². The van der Waals surface area contributed by atoms with E-state index < -0.39 is 0 Å². The van der Waals surface area contributed by atoms with E-state index >= 15 is 0 Å². The molecule has 2 aromatic carbocycles. The van der Waals surface area contributed by atoms with Gasteiger partial charge in [-0.05, 0) is 62.6 Å². The van der Waals surface area contributed by atoms with E-state index in [2.05, 4.69) is 28.2 Å². The van der Waals surface area contributed by atoms with E-state index in [9.17, 15) is 14.4 Å². The lowest BCUT2D eigenvalue weighted by molar-refractivity contribution is -0.117. The molecule has 1 saturated carbocycles. The number of benzene rings is 2. The van der Waals surface area contributed by atoms with Gasteiger partial charge in [-0.25, -0.2) is 4.79 Å². The molecule has 3 rings (SSSR count). The molecule has 0 heterocycles. The summed E-state index contributed by atoms with van der Waals surface area (Å²) in [5.41, 5.74) is 2.11. The summed E-state index contributed by atoms with van der Waals surface area (Å²) in [6.07, 6.45) is 0.926. The van der Waals surface area contributed by atoms with Crippen LogP contribution < -0.4 is 21.3 Å². The average molecular weight is 394 g/mol. The number of hydrogen-bond acceptors (Lipinski definition) is 3. The largest absolute Gasteiger partial charge is 0.336 e. The van der Waals surface area contributed by atoms with Gasteiger partial charge in [0.05, 0.1) is 11.4 Å². The fraction of sp³-hybridized carbons (Fsp3) is 0.318. The lowest BCUT2D eigenvalue weighted by atomic mass is 10.1. The summed E-state index contributed by atoms with van der Waals surface area (Å²) in [7, 11) is 0. The highest BCUT2D eigenvalue weighted by Crippen LogP contribution is 2.38. The molecule has 2 unspecified atom stereocenters. The lowest BCUT2D eigenvalue weighted by Gasteiger charge is -2.14. The molecule has 7 heteroatoms. The molecule has 7 nitrogen and oxygen atoms in total. The maximum absolute atomic E-state index is 12.6. The van der Waals surface area contributed by atoms with Crippen LogP contribution in [0.25, 0.3) is 0 Å². The minimum atomic E-state index is -0.341. The molecule has 0 spiro atoms. The number of anilines is 3. The third-order valence-electron chi connectivity index (χ3n) is 4.70. The minimum Gasteiger partial charge on any atom is -0.336 e. The Kier molecular flexibility index (Phi) is 6.16. The number of carbonyl (C=O) groups excluding carboxylic acids is 3. The molecular formula is C22H26N4O3. The third kappa shape index (κ3) is 5.57. The van der Waals surface area contributed by atoms with Gasteiger partial charge in [-0.3, -0.25) is 9.59 Å². The predicted molar refractivity (Wildman–Crippen MR) is 114 cm³/mol. The second-order valence-electron chi connectivity index (χ2n) is 7.64. The highest BCUT2D eigenvalue weighted by Gasteiger charge is 2.39. The van der Waals surface area contributed by atoms with E-state index in [1.54, 1.807) is 48.5 Å². The molecule has 0 aromatic heterocycles. The van der Waals surface area contributed by atoms with E-state index in [0.29, 0.717) is 28.5 Å². The molecular weight excluding hydrogens is 368 g/mol. The normalized spacial score (nSPS) is 17.4. The fourth-order valence-corrected chi connectivity index (χ4v) is 2.94. The molecule has 2 atom stereocenters. The summed E-state index contributed by atoms with van der Waals surface area (Å²) in [6, 6.07) is 13.4. The molecule has 2 aromatic rings. The van der Waals surface area contributed by atoms with Gasteiger partial charge < -0.3 is 21.3 Å². The first-order valence-electron chi connectivity index (χ1n) is 9.72. The molecule has 0 bridgehead atoms. The summed E-state index contributed by atoms with van der Waals surface area (Å²) in [5, 5.41) is 11.2. The van der Waals surface area contributed by atoms with Crippen LogP contribution in [0.1, 0.15) is 37.6 Å². The maximum atomic E-state index is 12.6. The number of urea groups is 1. The summed E-state index contributed by atoms with van der Waals surface area (Å²) < 4.78 is 0. The van der Waals surface area contributed by atoms with Gasteiger partial charge in [0.2, 0.25) is 5.91 Å². The van der Waals surface area contributed by atoms with E-state index in [4.69, 9.17) is 0 Å². The number of amides is 4. The Hall–Kier alpha value is -3.35. The minimum absolute atomic E-state index is 0.00103. The van der Waals surface area contributed by atoms with Crippen LogP contribution in [0, 0.1) is 11.8 Å². The first-order chi connectivity index (χ1) is 13.8. The van der Waals surface area contributed by atoms with Crippen LogP contribution in [0.5, 0.6) is 0 Å². The molecule has 0 radical (unpaired) electrons. The Morgan fingerprint density at radius 2 is 1.48 bits per heavy atom. The van der Waals surface area contributed by atoms with Gasteiger partial charge in [-0.1, -0.05) is 19.1 Å². The van der Waals surface area contributed by atoms with Crippen LogP contribution in [0.3, 0.4) is 0 Å². The van der Waals surface area contributed by atoms with Gasteiger partial charge in [-0.2, -0.15) is 0 Å². The van der Waals surface area contributed by atoms with Crippen LogP contribution in [0.2, 0.25) is 0 Å². The number of para-hydroxylation sites is 2. The molecule has 29 heavy (non-hydrogen) atoms. The number of hydrogen-bond donors (Lipinski definition) is 4. The maximum Gasteiger partial charge on any atom is 0.319 e. The highest BCUT2D eigenvalue weighted by molar-refractivity contribution is 6.07. The number of nitrogens with one attached hydrogen (secondary N) is 4. The molecule has 4 N–H and O–H groups in total. The zero-order valence-electron chi connectivity index (χ0n) is 16.8. The smallest absolute Gasteiger partial charge is 0.319 e. The average Bonchev–Trinajstić information content (AvgIpc) is 3.40. The van der Waals surface area contributed by atoms with Gasteiger partial charge in [0, 0.05) is 23.2 Å². The van der Waals surface area contributed by atoms with Gasteiger partial charge in [0.25, 0.3) is 5.91 Å². The lowest BCUT2D eigenvalue weighted by Crippen LogP contribution is -2.34. The zero-order chi connectivity index (χ0) is 21.0. The van der Waals surface area contributed by atoms with E-state index in [-0.39, 0.29) is 29.8 Å². The van der Waals surface area contributed by atoms with Crippen LogP contribution in [0.4, 0.5) is 21.9 Å². The van der Waals surface area contributed by atoms with E-state index in [0.717, 1.165) is 6.42 Å². The molecule has 0 aliphatic heterocycles. The summed E-state index contributed by atoms with van der Waals surface area (Å²) in [5.74, 6) is 0.248. The molecule has 1 aliphatic rings. The van der Waals surface area contributed by atoms with Crippen molar-refractivity contribution >= 4 is 34.9 Å². The molecule has 1 aliphatic carbocycles. The quantitative estimate of drug-likeness (QED) is 0.594. The van der Waals surface area contributed by atoms with Crippen molar-refractivity contribution in [3.63, 3.8) is 0 Å². The Morgan fingerprint density at radius 3 is 2.03 bits per heavy atom. The SMILES string of the molecule is CC(C)NC(=O)Nc1ccccc1NC(=O)c1ccc(NC(=O)C2CC2C)cc1. The van der Waals surface area contributed by atoms with Crippen molar-refractivity contribution in [1.82, 2.24) is 5.32 Å². The Balaban J connectivity index is 1.63. The van der Waals surface area contributed by atoms with E-state index in [1.807, 2.05) is 13.8 Å². The molecule has 1 fully saturated rings. The second-order valence-corrected chi connectivity index (χ2v) is 7.64. The molecule has 152 valence electrons. The molecule has 0 saturated heterocycles. The van der Waals surface area contributed by atoms with Crippen molar-refractivity contribution in [2.45, 2.75) is 33.2 Å².